The third-order valence-electron chi connectivity index (χ3n) is 3.02. The Kier molecular flexibility index (Phi) is 12.0. The van der Waals surface area contributed by atoms with Crippen LogP contribution in [0.1, 0.15) is 77.6 Å². The third kappa shape index (κ3) is 11.5. The minimum absolute atomic E-state index is 0.750. The Balaban J connectivity index is 2.98. The normalized spacial score (nSPS) is 10.3. The van der Waals surface area contributed by atoms with Gasteiger partial charge in [-0.3, -0.25) is 4.79 Å². The average Bonchev–Trinajstić information content (AvgIpc) is 2.31. The minimum Gasteiger partial charge on any atom is -0.298 e. The van der Waals surface area contributed by atoms with Crippen molar-refractivity contribution in [3.63, 3.8) is 0 Å². The van der Waals surface area contributed by atoms with Gasteiger partial charge in [-0.2, -0.15) is 0 Å². The molecule has 0 aromatic heterocycles. The van der Waals surface area contributed by atoms with E-state index in [-0.39, 0.29) is 0 Å². The van der Waals surface area contributed by atoms with Crippen molar-refractivity contribution in [3.8, 4) is 0 Å². The summed E-state index contributed by atoms with van der Waals surface area (Å²) >= 11 is 0. The van der Waals surface area contributed by atoms with Gasteiger partial charge in [-0.25, -0.2) is 0 Å². The Labute approximate surface area is 101 Å². The molecule has 0 rings (SSSR count). The predicted molar refractivity (Wildman–Crippen MR) is 71.7 cm³/mol. The van der Waals surface area contributed by atoms with E-state index in [1.807, 2.05) is 0 Å². The van der Waals surface area contributed by atoms with Crippen LogP contribution in [0.15, 0.2) is 12.2 Å². The average molecular weight is 224 g/mol. The summed E-state index contributed by atoms with van der Waals surface area (Å²) in [6, 6.07) is 0. The molecule has 16 heavy (non-hydrogen) atoms. The first kappa shape index (κ1) is 15.4. The van der Waals surface area contributed by atoms with E-state index in [9.17, 15) is 4.79 Å². The molecule has 0 aliphatic carbocycles. The molecule has 1 heteroatoms. The summed E-state index contributed by atoms with van der Waals surface area (Å²) in [4.78, 5) is 10.3. The van der Waals surface area contributed by atoms with Crippen LogP contribution in [0.25, 0.3) is 0 Å². The Hall–Kier alpha value is -0.590. The smallest absolute Gasteiger partial charge is 0.145 e. The number of aldehydes is 1. The third-order valence-corrected chi connectivity index (χ3v) is 3.02. The number of unbranched alkanes of at least 4 members (excludes halogenated alkanes) is 9. The Morgan fingerprint density at radius 3 is 1.75 bits per heavy atom. The van der Waals surface area contributed by atoms with Crippen LogP contribution in [-0.4, -0.2) is 6.29 Å². The van der Waals surface area contributed by atoms with Crippen LogP contribution in [-0.2, 0) is 4.79 Å². The summed E-state index contributed by atoms with van der Waals surface area (Å²) in [5, 5.41) is 0. The molecule has 0 aliphatic rings. The fourth-order valence-electron chi connectivity index (χ4n) is 1.90. The number of allylic oxidation sites excluding steroid dienone is 1. The molecular weight excluding hydrogens is 196 g/mol. The van der Waals surface area contributed by atoms with Crippen molar-refractivity contribution in [1.29, 1.82) is 0 Å². The van der Waals surface area contributed by atoms with Gasteiger partial charge >= 0.3 is 0 Å². The number of hydrogen-bond acceptors (Lipinski definition) is 1. The van der Waals surface area contributed by atoms with E-state index in [4.69, 9.17) is 0 Å². The summed E-state index contributed by atoms with van der Waals surface area (Å²) in [6.07, 6.45) is 15.2. The van der Waals surface area contributed by atoms with E-state index in [0.29, 0.717) is 0 Å². The van der Waals surface area contributed by atoms with E-state index in [1.54, 1.807) is 0 Å². The van der Waals surface area contributed by atoms with Gasteiger partial charge in [0.25, 0.3) is 0 Å². The number of rotatable bonds is 12. The summed E-state index contributed by atoms with van der Waals surface area (Å²) in [5.74, 6) is 0. The first-order chi connectivity index (χ1) is 7.81. The standard InChI is InChI=1S/C15H28O/c1-3-4-5-6-7-8-9-10-11-12-13-15(2)14-16/h14H,2-13H2,1H3. The molecule has 0 atom stereocenters. The van der Waals surface area contributed by atoms with Crippen molar-refractivity contribution >= 4 is 6.29 Å². The summed E-state index contributed by atoms with van der Waals surface area (Å²) in [6.45, 7) is 5.94. The van der Waals surface area contributed by atoms with Crippen LogP contribution in [0.2, 0.25) is 0 Å². The molecule has 0 aromatic rings. The van der Waals surface area contributed by atoms with Crippen molar-refractivity contribution in [1.82, 2.24) is 0 Å². The molecule has 0 radical (unpaired) electrons. The molecule has 0 spiro atoms. The zero-order valence-electron chi connectivity index (χ0n) is 11.0. The summed E-state index contributed by atoms with van der Waals surface area (Å²) in [5.41, 5.74) is 0.750. The van der Waals surface area contributed by atoms with Crippen LogP contribution in [0.4, 0.5) is 0 Å². The molecule has 0 aromatic carbocycles. The molecule has 0 saturated heterocycles. The molecule has 0 unspecified atom stereocenters. The Morgan fingerprint density at radius 2 is 1.31 bits per heavy atom. The van der Waals surface area contributed by atoms with E-state index in [2.05, 4.69) is 13.5 Å². The van der Waals surface area contributed by atoms with Gasteiger partial charge in [0.05, 0.1) is 0 Å². The van der Waals surface area contributed by atoms with Crippen molar-refractivity contribution in [3.05, 3.63) is 12.2 Å². The molecule has 0 amide bonds. The summed E-state index contributed by atoms with van der Waals surface area (Å²) < 4.78 is 0. The van der Waals surface area contributed by atoms with Gasteiger partial charge in [0.1, 0.15) is 6.29 Å². The van der Waals surface area contributed by atoms with Crippen LogP contribution >= 0.6 is 0 Å². The molecule has 0 N–H and O–H groups in total. The Bertz CT molecular complexity index is 172. The molecular formula is C15H28O. The number of carbonyl (C=O) groups excluding carboxylic acids is 1. The quantitative estimate of drug-likeness (QED) is 0.257. The number of hydrogen-bond donors (Lipinski definition) is 0. The first-order valence-corrected chi connectivity index (χ1v) is 6.94. The second kappa shape index (κ2) is 12.5. The highest BCUT2D eigenvalue weighted by Gasteiger charge is 1.94. The second-order valence-electron chi connectivity index (χ2n) is 4.71. The SMILES string of the molecule is C=C(C=O)CCCCCCCCCCCC. The van der Waals surface area contributed by atoms with Gasteiger partial charge in [0.2, 0.25) is 0 Å². The van der Waals surface area contributed by atoms with Crippen molar-refractivity contribution < 1.29 is 4.79 Å². The lowest BCUT2D eigenvalue weighted by molar-refractivity contribution is -0.105. The largest absolute Gasteiger partial charge is 0.298 e. The highest BCUT2D eigenvalue weighted by Crippen LogP contribution is 2.12. The lowest BCUT2D eigenvalue weighted by Crippen LogP contribution is -1.85. The van der Waals surface area contributed by atoms with Crippen molar-refractivity contribution in [2.24, 2.45) is 0 Å². The van der Waals surface area contributed by atoms with Crippen LogP contribution in [0, 0.1) is 0 Å². The van der Waals surface area contributed by atoms with E-state index < -0.39 is 0 Å². The molecule has 0 heterocycles. The van der Waals surface area contributed by atoms with Gasteiger partial charge in [0, 0.05) is 0 Å². The van der Waals surface area contributed by atoms with Crippen molar-refractivity contribution in [2.45, 2.75) is 77.6 Å². The highest BCUT2D eigenvalue weighted by molar-refractivity contribution is 5.71. The van der Waals surface area contributed by atoms with Gasteiger partial charge in [0.15, 0.2) is 0 Å². The monoisotopic (exact) mass is 224 g/mol. The maximum atomic E-state index is 10.3. The topological polar surface area (TPSA) is 17.1 Å². The second-order valence-corrected chi connectivity index (χ2v) is 4.71. The van der Waals surface area contributed by atoms with Crippen LogP contribution in [0.5, 0.6) is 0 Å². The zero-order valence-corrected chi connectivity index (χ0v) is 11.0. The van der Waals surface area contributed by atoms with Crippen molar-refractivity contribution in [2.75, 3.05) is 0 Å². The zero-order chi connectivity index (χ0) is 12.1. The summed E-state index contributed by atoms with van der Waals surface area (Å²) in [7, 11) is 0. The fourth-order valence-corrected chi connectivity index (χ4v) is 1.90. The van der Waals surface area contributed by atoms with E-state index in [0.717, 1.165) is 24.7 Å². The molecule has 0 aliphatic heterocycles. The predicted octanol–water partition coefficient (Wildman–Crippen LogP) is 5.05. The van der Waals surface area contributed by atoms with Crippen LogP contribution in [0.3, 0.4) is 0 Å². The molecule has 0 bridgehead atoms. The van der Waals surface area contributed by atoms with Gasteiger partial charge in [-0.15, -0.1) is 0 Å². The van der Waals surface area contributed by atoms with E-state index in [1.165, 1.54) is 57.8 Å². The number of carbonyl (C=O) groups is 1. The maximum absolute atomic E-state index is 10.3. The van der Waals surface area contributed by atoms with Gasteiger partial charge in [-0.05, 0) is 18.4 Å². The Morgan fingerprint density at radius 1 is 0.875 bits per heavy atom. The molecule has 0 fully saturated rings. The maximum Gasteiger partial charge on any atom is 0.145 e. The molecule has 1 nitrogen and oxygen atoms in total. The van der Waals surface area contributed by atoms with E-state index >= 15 is 0 Å². The van der Waals surface area contributed by atoms with Crippen LogP contribution < -0.4 is 0 Å². The molecule has 94 valence electrons. The minimum atomic E-state index is 0.750. The lowest BCUT2D eigenvalue weighted by atomic mass is 10.0. The lowest BCUT2D eigenvalue weighted by Gasteiger charge is -2.01. The highest BCUT2D eigenvalue weighted by atomic mass is 16.1. The van der Waals surface area contributed by atoms with Gasteiger partial charge in [-0.1, -0.05) is 71.3 Å². The molecule has 0 saturated carbocycles. The first-order valence-electron chi connectivity index (χ1n) is 6.94. The van der Waals surface area contributed by atoms with Gasteiger partial charge < -0.3 is 0 Å². The fraction of sp³-hybridized carbons (Fsp3) is 0.800.